The maximum Gasteiger partial charge on any atom is 0.260 e. The zero-order valence-corrected chi connectivity index (χ0v) is 17.6. The van der Waals surface area contributed by atoms with Crippen molar-refractivity contribution in [3.8, 4) is 11.4 Å². The average molecular weight is 466 g/mol. The van der Waals surface area contributed by atoms with Crippen molar-refractivity contribution >= 4 is 15.9 Å². The Kier molecular flexibility index (Phi) is 6.28. The van der Waals surface area contributed by atoms with Crippen LogP contribution in [0, 0.1) is 0 Å². The van der Waals surface area contributed by atoms with E-state index in [2.05, 4.69) is 15.5 Å². The molecule has 2 aliphatic rings. The number of aromatic nitrogens is 4. The second-order valence-corrected chi connectivity index (χ2v) is 9.22. The van der Waals surface area contributed by atoms with Crippen molar-refractivity contribution in [2.45, 2.75) is 11.4 Å². The van der Waals surface area contributed by atoms with Crippen molar-refractivity contribution in [3.63, 3.8) is 0 Å². The Morgan fingerprint density at radius 1 is 1.16 bits per heavy atom. The topological polar surface area (TPSA) is 111 Å². The van der Waals surface area contributed by atoms with Crippen LogP contribution < -0.4 is 4.74 Å². The Morgan fingerprint density at radius 2 is 1.88 bits per heavy atom. The van der Waals surface area contributed by atoms with Gasteiger partial charge in [-0.2, -0.15) is 4.31 Å². The third-order valence-electron chi connectivity index (χ3n) is 5.20. The van der Waals surface area contributed by atoms with Gasteiger partial charge in [0.05, 0.1) is 5.69 Å². The van der Waals surface area contributed by atoms with Crippen LogP contribution in [0.4, 0.5) is 8.78 Å². The molecule has 0 radical (unpaired) electrons. The fraction of sp³-hybridized carbons (Fsp3) is 0.368. The van der Waals surface area contributed by atoms with Gasteiger partial charge in [-0.25, -0.2) is 21.9 Å². The molecule has 2 heterocycles. The lowest BCUT2D eigenvalue weighted by molar-refractivity contribution is -0.134. The fourth-order valence-corrected chi connectivity index (χ4v) is 5.25. The van der Waals surface area contributed by atoms with E-state index in [1.807, 2.05) is 0 Å². The van der Waals surface area contributed by atoms with Crippen LogP contribution in [-0.2, 0) is 14.8 Å². The minimum Gasteiger partial charge on any atom is -0.484 e. The van der Waals surface area contributed by atoms with E-state index < -0.39 is 27.3 Å². The number of allylic oxidation sites excluding steroid dienone is 3. The van der Waals surface area contributed by atoms with E-state index in [1.165, 1.54) is 15.9 Å². The average Bonchev–Trinajstić information content (AvgIpc) is 3.33. The summed E-state index contributed by atoms with van der Waals surface area (Å²) in [5.41, 5.74) is 0.723. The summed E-state index contributed by atoms with van der Waals surface area (Å²) >= 11 is 0. The molecular weight excluding hydrogens is 446 g/mol. The number of halogens is 2. The SMILES string of the molecule is O=C(COc1ccc(-n2cnnn2)cc1)N1CCN(S(=O)(=O)C2C(F)=CC=CC2F)CC1. The molecule has 10 nitrogen and oxygen atoms in total. The largest absolute Gasteiger partial charge is 0.484 e. The number of hydrogen-bond donors (Lipinski definition) is 0. The molecule has 1 saturated heterocycles. The number of ether oxygens (including phenoxy) is 1. The number of carbonyl (C=O) groups excluding carboxylic acids is 1. The van der Waals surface area contributed by atoms with Gasteiger partial charge in [0, 0.05) is 26.2 Å². The van der Waals surface area contributed by atoms with Gasteiger partial charge in [-0.15, -0.1) is 5.10 Å². The summed E-state index contributed by atoms with van der Waals surface area (Å²) in [4.78, 5) is 13.9. The van der Waals surface area contributed by atoms with Gasteiger partial charge in [0.15, 0.2) is 11.9 Å². The molecule has 4 rings (SSSR count). The van der Waals surface area contributed by atoms with E-state index in [0.29, 0.717) is 5.75 Å². The summed E-state index contributed by atoms with van der Waals surface area (Å²) in [5.74, 6) is -0.877. The van der Waals surface area contributed by atoms with Gasteiger partial charge in [0.1, 0.15) is 24.1 Å². The highest BCUT2D eigenvalue weighted by molar-refractivity contribution is 7.90. The standard InChI is InChI=1S/C19H20F2N6O4S/c20-16-2-1-3-17(21)19(16)32(29,30)26-10-8-25(9-11-26)18(28)12-31-15-6-4-14(5-7-15)27-13-22-23-24-27/h1-7,13,16,19H,8-12H2. The second-order valence-electron chi connectivity index (χ2n) is 7.16. The van der Waals surface area contributed by atoms with Crippen LogP contribution in [0.5, 0.6) is 5.75 Å². The number of alkyl halides is 1. The zero-order chi connectivity index (χ0) is 22.7. The Labute approximate surface area is 182 Å². The number of tetrazole rings is 1. The fourth-order valence-electron chi connectivity index (χ4n) is 3.47. The van der Waals surface area contributed by atoms with Gasteiger partial charge >= 0.3 is 0 Å². The Bertz CT molecular complexity index is 1110. The van der Waals surface area contributed by atoms with E-state index in [9.17, 15) is 22.0 Å². The van der Waals surface area contributed by atoms with E-state index >= 15 is 0 Å². The molecule has 1 fully saturated rings. The monoisotopic (exact) mass is 466 g/mol. The predicted molar refractivity (Wildman–Crippen MR) is 109 cm³/mol. The maximum atomic E-state index is 14.1. The van der Waals surface area contributed by atoms with E-state index in [0.717, 1.165) is 28.2 Å². The number of sulfonamides is 1. The molecule has 13 heteroatoms. The van der Waals surface area contributed by atoms with Gasteiger partial charge in [0.25, 0.3) is 5.91 Å². The van der Waals surface area contributed by atoms with Crippen LogP contribution in [0.15, 0.2) is 54.6 Å². The maximum absolute atomic E-state index is 14.1. The molecule has 2 unspecified atom stereocenters. The molecule has 0 bridgehead atoms. The van der Waals surface area contributed by atoms with Crippen LogP contribution in [0.2, 0.25) is 0 Å². The van der Waals surface area contributed by atoms with Crippen LogP contribution in [0.25, 0.3) is 5.69 Å². The molecule has 32 heavy (non-hydrogen) atoms. The predicted octanol–water partition coefficient (Wildman–Crippen LogP) is 0.645. The Balaban J connectivity index is 1.29. The lowest BCUT2D eigenvalue weighted by atomic mass is 10.1. The molecule has 0 spiro atoms. The molecule has 1 amide bonds. The highest BCUT2D eigenvalue weighted by Gasteiger charge is 2.42. The molecular formula is C19H20F2N6O4S. The lowest BCUT2D eigenvalue weighted by Crippen LogP contribution is -2.54. The number of amides is 1. The van der Waals surface area contributed by atoms with Crippen molar-refractivity contribution < 1.29 is 26.7 Å². The number of piperazine rings is 1. The molecule has 1 aliphatic carbocycles. The van der Waals surface area contributed by atoms with Crippen LogP contribution in [0.1, 0.15) is 0 Å². The number of nitrogens with zero attached hydrogens (tertiary/aromatic N) is 6. The van der Waals surface area contributed by atoms with Crippen molar-refractivity contribution in [1.82, 2.24) is 29.4 Å². The van der Waals surface area contributed by atoms with Gasteiger partial charge in [-0.3, -0.25) is 4.79 Å². The van der Waals surface area contributed by atoms with Crippen molar-refractivity contribution in [3.05, 3.63) is 54.6 Å². The molecule has 170 valence electrons. The van der Waals surface area contributed by atoms with E-state index in [4.69, 9.17) is 4.74 Å². The Morgan fingerprint density at radius 3 is 2.50 bits per heavy atom. The summed E-state index contributed by atoms with van der Waals surface area (Å²) in [6.07, 6.45) is 2.61. The van der Waals surface area contributed by atoms with Gasteiger partial charge < -0.3 is 9.64 Å². The van der Waals surface area contributed by atoms with E-state index in [1.54, 1.807) is 24.3 Å². The highest BCUT2D eigenvalue weighted by atomic mass is 32.2. The molecule has 2 aromatic rings. The summed E-state index contributed by atoms with van der Waals surface area (Å²) in [7, 11) is -4.23. The highest BCUT2D eigenvalue weighted by Crippen LogP contribution is 2.28. The Hall–Kier alpha value is -3.19. The first-order chi connectivity index (χ1) is 15.4. The molecule has 0 N–H and O–H groups in total. The first kappa shape index (κ1) is 22.0. The first-order valence-electron chi connectivity index (χ1n) is 9.77. The van der Waals surface area contributed by atoms with E-state index in [-0.39, 0.29) is 38.7 Å². The van der Waals surface area contributed by atoms with Crippen molar-refractivity contribution in [1.29, 1.82) is 0 Å². The number of rotatable bonds is 6. The third-order valence-corrected chi connectivity index (χ3v) is 7.41. The number of carbonyl (C=O) groups is 1. The summed E-state index contributed by atoms with van der Waals surface area (Å²) < 4.78 is 61.4. The quantitative estimate of drug-likeness (QED) is 0.615. The molecule has 1 aromatic carbocycles. The lowest BCUT2D eigenvalue weighted by Gasteiger charge is -2.36. The minimum atomic E-state index is -4.23. The number of hydrogen-bond acceptors (Lipinski definition) is 7. The van der Waals surface area contributed by atoms with Crippen molar-refractivity contribution in [2.75, 3.05) is 32.8 Å². The van der Waals surface area contributed by atoms with Gasteiger partial charge in [-0.05, 0) is 46.8 Å². The van der Waals surface area contributed by atoms with Crippen LogP contribution in [0.3, 0.4) is 0 Å². The van der Waals surface area contributed by atoms with Crippen molar-refractivity contribution in [2.24, 2.45) is 0 Å². The third kappa shape index (κ3) is 4.53. The smallest absolute Gasteiger partial charge is 0.260 e. The second kappa shape index (κ2) is 9.12. The molecule has 0 saturated carbocycles. The summed E-state index contributed by atoms with van der Waals surface area (Å²) in [6.45, 7) is -0.118. The van der Waals surface area contributed by atoms with Gasteiger partial charge in [-0.1, -0.05) is 6.08 Å². The van der Waals surface area contributed by atoms with Crippen LogP contribution in [-0.4, -0.2) is 87.9 Å². The molecule has 1 aromatic heterocycles. The number of benzene rings is 1. The normalized spacial score (nSPS) is 21.9. The summed E-state index contributed by atoms with van der Waals surface area (Å²) in [5, 5.41) is 9.00. The minimum absolute atomic E-state index is 0.0467. The molecule has 2 atom stereocenters. The zero-order valence-electron chi connectivity index (χ0n) is 16.8. The first-order valence-corrected chi connectivity index (χ1v) is 11.3. The summed E-state index contributed by atoms with van der Waals surface area (Å²) in [6, 6.07) is 6.80. The van der Waals surface area contributed by atoms with Gasteiger partial charge in [0.2, 0.25) is 10.0 Å². The van der Waals surface area contributed by atoms with Crippen LogP contribution >= 0.6 is 0 Å². The molecule has 1 aliphatic heterocycles.